The average Bonchev–Trinajstić information content (AvgIpc) is 2.89. The molecule has 0 aliphatic carbocycles. The van der Waals surface area contributed by atoms with Gasteiger partial charge in [-0.05, 0) is 75.6 Å². The number of likely N-dealkylation sites (tertiary alicyclic amines) is 1. The number of alkyl carbamates (subject to hydrolysis) is 1. The first-order chi connectivity index (χ1) is 18.0. The molecule has 8 heteroatoms. The van der Waals surface area contributed by atoms with Crippen LogP contribution in [0.5, 0.6) is 0 Å². The van der Waals surface area contributed by atoms with Gasteiger partial charge in [0.15, 0.2) is 0 Å². The lowest BCUT2D eigenvalue weighted by molar-refractivity contribution is -0.0629. The zero-order valence-corrected chi connectivity index (χ0v) is 23.9. The molecule has 1 aliphatic rings. The van der Waals surface area contributed by atoms with E-state index in [-0.39, 0.29) is 12.0 Å². The molecule has 3 rings (SSSR count). The van der Waals surface area contributed by atoms with E-state index in [4.69, 9.17) is 16.3 Å². The maximum absolute atomic E-state index is 12.9. The molecule has 7 nitrogen and oxygen atoms in total. The molecule has 0 spiro atoms. The van der Waals surface area contributed by atoms with E-state index in [2.05, 4.69) is 29.1 Å². The summed E-state index contributed by atoms with van der Waals surface area (Å²) < 4.78 is 10.3. The second-order valence-electron chi connectivity index (χ2n) is 10.9. The van der Waals surface area contributed by atoms with E-state index in [1.165, 1.54) is 12.7 Å². The molecule has 38 heavy (non-hydrogen) atoms. The second kappa shape index (κ2) is 12.9. The van der Waals surface area contributed by atoms with Crippen molar-refractivity contribution in [2.75, 3.05) is 26.7 Å². The van der Waals surface area contributed by atoms with Gasteiger partial charge in [-0.2, -0.15) is 0 Å². The quantitative estimate of drug-likeness (QED) is 0.368. The molecule has 1 heterocycles. The summed E-state index contributed by atoms with van der Waals surface area (Å²) in [5.41, 5.74) is 1.73. The molecule has 2 amide bonds. The molecule has 0 radical (unpaired) electrons. The minimum absolute atomic E-state index is 0.256. The summed E-state index contributed by atoms with van der Waals surface area (Å²) >= 11 is 6.81. The number of carbonyl (C=O) groups is 2. The van der Waals surface area contributed by atoms with E-state index in [0.717, 1.165) is 36.0 Å². The molecule has 2 atom stereocenters. The van der Waals surface area contributed by atoms with E-state index in [9.17, 15) is 14.7 Å². The predicted octanol–water partition coefficient (Wildman–Crippen LogP) is 6.54. The molecule has 0 unspecified atom stereocenters. The Kier molecular flexibility index (Phi) is 10.1. The Morgan fingerprint density at radius 3 is 2.61 bits per heavy atom. The predicted molar refractivity (Wildman–Crippen MR) is 150 cm³/mol. The summed E-state index contributed by atoms with van der Waals surface area (Å²) in [4.78, 5) is 26.3. The van der Waals surface area contributed by atoms with Crippen LogP contribution in [0, 0.1) is 5.92 Å². The highest BCUT2D eigenvalue weighted by atomic mass is 35.5. The van der Waals surface area contributed by atoms with Gasteiger partial charge >= 0.3 is 12.2 Å². The summed E-state index contributed by atoms with van der Waals surface area (Å²) in [6.45, 7) is 8.92. The normalized spacial score (nSPS) is 17.4. The molecule has 0 aromatic heterocycles. The van der Waals surface area contributed by atoms with Crippen molar-refractivity contribution in [2.45, 2.75) is 71.0 Å². The number of rotatable bonds is 8. The number of hydrogen-bond acceptors (Lipinski definition) is 5. The largest absolute Gasteiger partial charge is 0.453 e. The summed E-state index contributed by atoms with van der Waals surface area (Å²) in [6.07, 6.45) is 2.35. The molecule has 2 aromatic rings. The summed E-state index contributed by atoms with van der Waals surface area (Å²) in [5, 5.41) is 15.8. The van der Waals surface area contributed by atoms with E-state index in [0.29, 0.717) is 37.5 Å². The van der Waals surface area contributed by atoms with E-state index in [1.54, 1.807) is 4.90 Å². The van der Waals surface area contributed by atoms with Crippen molar-refractivity contribution < 1.29 is 24.2 Å². The first kappa shape index (κ1) is 29.8. The number of piperidine rings is 1. The average molecular weight is 545 g/mol. The van der Waals surface area contributed by atoms with Crippen molar-refractivity contribution in [1.29, 1.82) is 0 Å². The van der Waals surface area contributed by atoms with Crippen LogP contribution in [0.3, 0.4) is 0 Å². The minimum atomic E-state index is -1.30. The molecular formula is C30H41ClN2O5. The van der Waals surface area contributed by atoms with E-state index >= 15 is 0 Å². The van der Waals surface area contributed by atoms with Gasteiger partial charge in [-0.15, -0.1) is 0 Å². The lowest BCUT2D eigenvalue weighted by atomic mass is 9.72. The van der Waals surface area contributed by atoms with Crippen LogP contribution in [0.4, 0.5) is 9.59 Å². The first-order valence-corrected chi connectivity index (χ1v) is 13.8. The number of hydrogen-bond donors (Lipinski definition) is 2. The van der Waals surface area contributed by atoms with Crippen LogP contribution in [0.25, 0.3) is 11.1 Å². The Hall–Kier alpha value is -2.77. The summed E-state index contributed by atoms with van der Waals surface area (Å²) in [7, 11) is 1.32. The third-order valence-electron chi connectivity index (χ3n) is 7.04. The Balaban J connectivity index is 2.02. The van der Waals surface area contributed by atoms with Gasteiger partial charge in [0.25, 0.3) is 0 Å². The maximum atomic E-state index is 12.9. The van der Waals surface area contributed by atoms with E-state index in [1.807, 2.05) is 51.1 Å². The standard InChI is InChI=1S/C30H41ClN2O5/c1-6-21-11-7-12-22(19-21)26-24(14-8-15-25(26)31)30(36,16-10-17-32-27(34)37-5)23-13-9-18-33(20-23)28(35)38-29(2,3)4/h7-8,11-12,14-15,19,23,36H,6,9-10,13,16-18,20H2,1-5H3,(H,32,34)/t23-,30-/m1/s1. The fourth-order valence-electron chi connectivity index (χ4n) is 5.16. The number of benzene rings is 2. The number of amides is 2. The maximum Gasteiger partial charge on any atom is 0.410 e. The Morgan fingerprint density at radius 2 is 1.92 bits per heavy atom. The Labute approximate surface area is 231 Å². The van der Waals surface area contributed by atoms with Crippen LogP contribution < -0.4 is 5.32 Å². The van der Waals surface area contributed by atoms with Gasteiger partial charge in [-0.1, -0.05) is 54.9 Å². The second-order valence-corrected chi connectivity index (χ2v) is 11.3. The first-order valence-electron chi connectivity index (χ1n) is 13.4. The summed E-state index contributed by atoms with van der Waals surface area (Å²) in [5.74, 6) is -0.256. The molecule has 0 saturated carbocycles. The smallest absolute Gasteiger partial charge is 0.410 e. The van der Waals surface area contributed by atoms with Gasteiger partial charge in [0, 0.05) is 36.1 Å². The van der Waals surface area contributed by atoms with Crippen LogP contribution in [0.2, 0.25) is 5.02 Å². The SMILES string of the molecule is CCc1cccc(-c2c(Cl)cccc2[C@@](O)(CCCNC(=O)OC)[C@@H]2CCCN(C(=O)OC(C)(C)C)C2)c1. The minimum Gasteiger partial charge on any atom is -0.453 e. The zero-order chi connectivity index (χ0) is 27.9. The van der Waals surface area contributed by atoms with Gasteiger partial charge in [-0.25, -0.2) is 9.59 Å². The van der Waals surface area contributed by atoms with Gasteiger partial charge in [0.05, 0.1) is 12.7 Å². The molecule has 1 fully saturated rings. The van der Waals surface area contributed by atoms with Crippen molar-refractivity contribution >= 4 is 23.8 Å². The van der Waals surface area contributed by atoms with Gasteiger partial charge in [-0.3, -0.25) is 0 Å². The van der Waals surface area contributed by atoms with Crippen LogP contribution in [-0.4, -0.2) is 54.5 Å². The number of methoxy groups -OCH3 is 1. The van der Waals surface area contributed by atoms with Crippen LogP contribution in [0.15, 0.2) is 42.5 Å². The van der Waals surface area contributed by atoms with Gasteiger partial charge < -0.3 is 24.8 Å². The van der Waals surface area contributed by atoms with Crippen molar-refractivity contribution in [2.24, 2.45) is 5.92 Å². The third kappa shape index (κ3) is 7.41. The number of nitrogens with one attached hydrogen (secondary N) is 1. The molecular weight excluding hydrogens is 504 g/mol. The third-order valence-corrected chi connectivity index (χ3v) is 7.36. The van der Waals surface area contributed by atoms with Gasteiger partial charge in [0.2, 0.25) is 0 Å². The number of halogens is 1. The van der Waals surface area contributed by atoms with Crippen LogP contribution in [-0.2, 0) is 21.5 Å². The molecule has 1 saturated heterocycles. The highest BCUT2D eigenvalue weighted by Gasteiger charge is 2.43. The van der Waals surface area contributed by atoms with Gasteiger partial charge in [0.1, 0.15) is 5.60 Å². The number of ether oxygens (including phenoxy) is 2. The molecule has 2 aromatic carbocycles. The lowest BCUT2D eigenvalue weighted by Gasteiger charge is -2.43. The summed E-state index contributed by atoms with van der Waals surface area (Å²) in [6, 6.07) is 13.8. The number of aliphatic hydroxyl groups is 1. The van der Waals surface area contributed by atoms with Crippen LogP contribution in [0.1, 0.15) is 64.5 Å². The van der Waals surface area contributed by atoms with Crippen molar-refractivity contribution in [3.05, 3.63) is 58.6 Å². The Morgan fingerprint density at radius 1 is 1.18 bits per heavy atom. The zero-order valence-electron chi connectivity index (χ0n) is 23.2. The van der Waals surface area contributed by atoms with Crippen molar-refractivity contribution in [3.8, 4) is 11.1 Å². The highest BCUT2D eigenvalue weighted by molar-refractivity contribution is 6.33. The molecule has 208 valence electrons. The number of aryl methyl sites for hydroxylation is 1. The monoisotopic (exact) mass is 544 g/mol. The lowest BCUT2D eigenvalue weighted by Crippen LogP contribution is -2.49. The number of carbonyl (C=O) groups excluding carboxylic acids is 2. The fourth-order valence-corrected chi connectivity index (χ4v) is 5.45. The highest BCUT2D eigenvalue weighted by Crippen LogP contribution is 2.45. The topological polar surface area (TPSA) is 88.1 Å². The Bertz CT molecular complexity index is 1120. The van der Waals surface area contributed by atoms with Crippen molar-refractivity contribution in [3.63, 3.8) is 0 Å². The molecule has 2 N–H and O–H groups in total. The van der Waals surface area contributed by atoms with E-state index < -0.39 is 17.3 Å². The van der Waals surface area contributed by atoms with Crippen LogP contribution >= 0.6 is 11.6 Å². The number of nitrogens with zero attached hydrogens (tertiary/aromatic N) is 1. The van der Waals surface area contributed by atoms with Crippen molar-refractivity contribution in [1.82, 2.24) is 10.2 Å². The molecule has 0 bridgehead atoms. The fraction of sp³-hybridized carbons (Fsp3) is 0.533. The molecule has 1 aliphatic heterocycles.